The van der Waals surface area contributed by atoms with Crippen molar-refractivity contribution in [3.05, 3.63) is 177 Å². The Labute approximate surface area is 449 Å². The molecule has 1 aromatic heterocycles. The van der Waals surface area contributed by atoms with Gasteiger partial charge in [-0.3, -0.25) is 9.78 Å². The molecule has 26 heteroatoms. The van der Waals surface area contributed by atoms with Crippen LogP contribution in [0.15, 0.2) is 48.9 Å². The molecule has 0 spiro atoms. The maximum Gasteiger partial charge on any atom is 0.405 e. The Balaban J connectivity index is 0.000000305. The Hall–Kier alpha value is -7.02. The lowest BCUT2D eigenvalue weighted by atomic mass is 9.12. The van der Waals surface area contributed by atoms with Crippen LogP contribution in [-0.4, -0.2) is 29.5 Å². The quantitative estimate of drug-likeness (QED) is 0.00838. The minimum absolute atomic E-state index is 0.0568. The highest BCUT2D eigenvalue weighted by atomic mass is 19.2. The molecular formula is C55H47BF20N2O3. The van der Waals surface area contributed by atoms with E-state index >= 15 is 35.1 Å². The van der Waals surface area contributed by atoms with Crippen LogP contribution in [0.5, 0.6) is 0 Å². The normalized spacial score (nSPS) is 11.5. The monoisotopic (exact) mass is 1170 g/mol. The molecule has 6 aromatic rings. The number of unbranched alkanes of at least 4 members (excludes halogenated alkanes) is 15. The van der Waals surface area contributed by atoms with Gasteiger partial charge in [0.1, 0.15) is 58.9 Å². The van der Waals surface area contributed by atoms with E-state index in [4.69, 9.17) is 4.74 Å². The van der Waals surface area contributed by atoms with Crippen LogP contribution in [0.2, 0.25) is 0 Å². The van der Waals surface area contributed by atoms with Gasteiger partial charge < -0.3 is 4.74 Å². The van der Waals surface area contributed by atoms with Crippen molar-refractivity contribution in [1.82, 2.24) is 4.98 Å². The number of rotatable bonds is 25. The number of Topliss-reactive ketones (excluding diaryl/α,β-unsaturated/α-hetero) is 1. The fourth-order valence-electron chi connectivity index (χ4n) is 9.33. The highest BCUT2D eigenvalue weighted by Gasteiger charge is 2.52. The third-order valence-electron chi connectivity index (χ3n) is 13.4. The van der Waals surface area contributed by atoms with Crippen molar-refractivity contribution < 1.29 is 107 Å². The molecule has 0 atom stereocenters. The molecule has 0 bridgehead atoms. The number of esters is 1. The Morgan fingerprint density at radius 1 is 0.407 bits per heavy atom. The summed E-state index contributed by atoms with van der Waals surface area (Å²) in [6, 6.07) is 9.09. The van der Waals surface area contributed by atoms with Crippen LogP contribution in [0.1, 0.15) is 131 Å². The molecule has 0 saturated heterocycles. The number of carbonyl (C=O) groups is 2. The van der Waals surface area contributed by atoms with E-state index in [-0.39, 0.29) is 12.3 Å². The predicted octanol–water partition coefficient (Wildman–Crippen LogP) is 13.5. The van der Waals surface area contributed by atoms with E-state index in [1.165, 1.54) is 96.1 Å². The first-order chi connectivity index (χ1) is 38.4. The molecule has 0 aliphatic heterocycles. The second-order valence-corrected chi connectivity index (χ2v) is 18.6. The van der Waals surface area contributed by atoms with E-state index < -0.39 is 150 Å². The van der Waals surface area contributed by atoms with Crippen LogP contribution in [0.4, 0.5) is 87.8 Å². The van der Waals surface area contributed by atoms with Crippen molar-refractivity contribution in [3.8, 4) is 0 Å². The largest absolute Gasteiger partial charge is 0.458 e. The molecule has 0 amide bonds. The van der Waals surface area contributed by atoms with Crippen molar-refractivity contribution >= 4 is 39.7 Å². The summed E-state index contributed by atoms with van der Waals surface area (Å²) in [5, 5.41) is 0. The van der Waals surface area contributed by atoms with Gasteiger partial charge in [0.05, 0.1) is 12.8 Å². The third-order valence-corrected chi connectivity index (χ3v) is 13.4. The Morgan fingerprint density at radius 3 is 1.00 bits per heavy atom. The Bertz CT molecular complexity index is 2840. The fraction of sp³-hybridized carbons (Fsp3) is 0.345. The number of benzene rings is 5. The van der Waals surface area contributed by atoms with Crippen molar-refractivity contribution in [2.45, 2.75) is 116 Å². The number of carbonyl (C=O) groups excluding carboxylic acids is 2. The Kier molecular flexibility index (Phi) is 23.3. The first kappa shape index (κ1) is 64.8. The zero-order chi connectivity index (χ0) is 60.0. The van der Waals surface area contributed by atoms with E-state index in [9.17, 15) is 62.3 Å². The predicted molar refractivity (Wildman–Crippen MR) is 254 cm³/mol. The summed E-state index contributed by atoms with van der Waals surface area (Å²) in [7, 11) is 0. The molecule has 0 unspecified atom stereocenters. The second kappa shape index (κ2) is 29.1. The minimum Gasteiger partial charge on any atom is -0.458 e. The van der Waals surface area contributed by atoms with Crippen molar-refractivity contribution in [2.75, 3.05) is 6.61 Å². The van der Waals surface area contributed by atoms with Crippen LogP contribution in [-0.2, 0) is 11.3 Å². The van der Waals surface area contributed by atoms with Crippen LogP contribution < -0.4 is 26.4 Å². The van der Waals surface area contributed by atoms with Gasteiger partial charge >= 0.3 is 11.7 Å². The standard InChI is InChI=1S/C31H47N2O3.C24BF20/c1-2-3-4-5-6-7-8-9-10-11-12-13-14-15-16-20-25-36-31(35)29-26-32-23-24-33(29)27-30(34)28-21-18-17-19-22-28;26-5-1(6(27)14(35)21(42)13(5)34)25(2-7(28)15(36)22(43)16(37)8(2)29,3-9(30)17(38)23(44)18(39)10(3)31)4-11(32)19(40)24(45)20(41)12(4)33/h17-19,21-24,26H,2-16,20,25,27H2,1H3;/q+1;-1. The molecule has 0 N–H and O–H groups in total. The zero-order valence-corrected chi connectivity index (χ0v) is 42.6. The summed E-state index contributed by atoms with van der Waals surface area (Å²) in [4.78, 5) is 29.1. The van der Waals surface area contributed by atoms with Crippen molar-refractivity contribution in [2.24, 2.45) is 0 Å². The second-order valence-electron chi connectivity index (χ2n) is 18.6. The van der Waals surface area contributed by atoms with Gasteiger partial charge in [-0.2, -0.15) is 4.57 Å². The molecule has 0 aliphatic rings. The van der Waals surface area contributed by atoms with Crippen LogP contribution >= 0.6 is 0 Å². The van der Waals surface area contributed by atoms with E-state index in [1.807, 2.05) is 18.2 Å². The first-order valence-electron chi connectivity index (χ1n) is 25.2. The molecule has 6 rings (SSSR count). The molecule has 81 heavy (non-hydrogen) atoms. The molecule has 5 nitrogen and oxygen atoms in total. The summed E-state index contributed by atoms with van der Waals surface area (Å²) in [5.41, 5.74) is -13.4. The molecule has 0 radical (unpaired) electrons. The van der Waals surface area contributed by atoms with Gasteiger partial charge in [-0.15, -0.1) is 21.9 Å². The lowest BCUT2D eigenvalue weighted by Gasteiger charge is -2.44. The number of halogens is 20. The van der Waals surface area contributed by atoms with E-state index in [2.05, 4.69) is 11.9 Å². The third kappa shape index (κ3) is 13.8. The summed E-state index contributed by atoms with van der Waals surface area (Å²) in [6.45, 7) is 2.75. The first-order valence-corrected chi connectivity index (χ1v) is 25.2. The molecule has 0 fully saturated rings. The number of aromatic nitrogens is 2. The van der Waals surface area contributed by atoms with E-state index in [0.717, 1.165) is 12.8 Å². The van der Waals surface area contributed by atoms with Crippen LogP contribution in [0, 0.1) is 116 Å². The molecule has 438 valence electrons. The molecule has 1 heterocycles. The average molecular weight is 1170 g/mol. The lowest BCUT2D eigenvalue weighted by Crippen LogP contribution is -2.81. The van der Waals surface area contributed by atoms with E-state index in [1.54, 1.807) is 29.1 Å². The Morgan fingerprint density at radius 2 is 0.691 bits per heavy atom. The molecule has 0 saturated carbocycles. The summed E-state index contributed by atoms with van der Waals surface area (Å²) in [5.74, 6) is -71.9. The maximum atomic E-state index is 15.4. The van der Waals surface area contributed by atoms with Gasteiger partial charge in [-0.05, 0) is 6.42 Å². The molecule has 5 aromatic carbocycles. The van der Waals surface area contributed by atoms with Gasteiger partial charge in [-0.25, -0.2) is 92.6 Å². The minimum atomic E-state index is -7.22. The van der Waals surface area contributed by atoms with Crippen molar-refractivity contribution in [3.63, 3.8) is 0 Å². The number of nitrogens with zero attached hydrogens (tertiary/aromatic N) is 2. The number of ketones is 1. The van der Waals surface area contributed by atoms with Crippen LogP contribution in [0.3, 0.4) is 0 Å². The zero-order valence-electron chi connectivity index (χ0n) is 42.6. The lowest BCUT2D eigenvalue weighted by molar-refractivity contribution is -0.686. The summed E-state index contributed by atoms with van der Waals surface area (Å²) < 4.78 is 301. The topological polar surface area (TPSA) is 60.1 Å². The fourth-order valence-corrected chi connectivity index (χ4v) is 9.33. The SMILES string of the molecule is CCCCCCCCCCCCCCCCCCOC(=O)c1cncc[n+]1CC(=O)c1ccccc1.Fc1c(F)c(F)c([B-](c2c(F)c(F)c(F)c(F)c2F)(c2c(F)c(F)c(F)c(F)c2F)c2c(F)c(F)c(F)c(F)c2F)c(F)c1F. The highest BCUT2D eigenvalue weighted by Crippen LogP contribution is 2.31. The van der Waals surface area contributed by atoms with Crippen molar-refractivity contribution in [1.29, 1.82) is 0 Å². The molecule has 0 aliphatic carbocycles. The summed E-state index contributed by atoms with van der Waals surface area (Å²) >= 11 is 0. The average Bonchev–Trinajstić information content (AvgIpc) is 3.55. The van der Waals surface area contributed by atoms with Gasteiger partial charge in [0.2, 0.25) is 12.3 Å². The van der Waals surface area contributed by atoms with Gasteiger partial charge in [0, 0.05) is 5.56 Å². The molecular weight excluding hydrogens is 1130 g/mol. The van der Waals surface area contributed by atoms with E-state index in [0.29, 0.717) is 17.9 Å². The van der Waals surface area contributed by atoms with Crippen LogP contribution in [0.25, 0.3) is 0 Å². The van der Waals surface area contributed by atoms with Gasteiger partial charge in [0.15, 0.2) is 76.0 Å². The maximum absolute atomic E-state index is 15.4. The van der Waals surface area contributed by atoms with Gasteiger partial charge in [-0.1, -0.05) is 134 Å². The highest BCUT2D eigenvalue weighted by molar-refractivity contribution is 7.20. The summed E-state index contributed by atoms with van der Waals surface area (Å²) in [6.07, 6.45) is 18.5. The van der Waals surface area contributed by atoms with Gasteiger partial charge in [0.25, 0.3) is 0 Å². The number of hydrogen-bond donors (Lipinski definition) is 0. The smallest absolute Gasteiger partial charge is 0.405 e. The number of ether oxygens (including phenoxy) is 1. The number of hydrogen-bond acceptors (Lipinski definition) is 4.